The number of carbonyl (C=O) groups is 1. The Morgan fingerprint density at radius 1 is 1.03 bits per heavy atom. The first-order chi connectivity index (χ1) is 15.2. The number of hydrogen-bond acceptors (Lipinski definition) is 7. The van der Waals surface area contributed by atoms with Crippen LogP contribution in [0.3, 0.4) is 0 Å². The van der Waals surface area contributed by atoms with Gasteiger partial charge in [-0.25, -0.2) is 4.57 Å². The first kappa shape index (κ1) is 23.8. The number of ether oxygens (including phenoxy) is 1. The molecule has 0 bridgehead atoms. The molecule has 1 fully saturated rings. The lowest BCUT2D eigenvalue weighted by Crippen LogP contribution is -2.38. The SMILES string of the molecule is CC1CCC(OC(=O)[C@H](C)NP(=O)(Oc2ccccc2)Oc2ccc([N+](=O)[O-])cc2)CC1. The van der Waals surface area contributed by atoms with Gasteiger partial charge in [0.25, 0.3) is 5.69 Å². The first-order valence-corrected chi connectivity index (χ1v) is 12.1. The lowest BCUT2D eigenvalue weighted by Gasteiger charge is -2.28. The van der Waals surface area contributed by atoms with Gasteiger partial charge in [-0.3, -0.25) is 14.9 Å². The van der Waals surface area contributed by atoms with E-state index in [2.05, 4.69) is 12.0 Å². The van der Waals surface area contributed by atoms with Crippen LogP contribution in [0.4, 0.5) is 5.69 Å². The quantitative estimate of drug-likeness (QED) is 0.232. The molecule has 2 aromatic carbocycles. The Kier molecular flexibility index (Phi) is 7.88. The van der Waals surface area contributed by atoms with E-state index in [9.17, 15) is 19.5 Å². The maximum absolute atomic E-state index is 13.5. The van der Waals surface area contributed by atoms with Crippen molar-refractivity contribution in [1.29, 1.82) is 0 Å². The third-order valence-electron chi connectivity index (χ3n) is 5.19. The molecule has 0 amide bonds. The van der Waals surface area contributed by atoms with Gasteiger partial charge in [0.15, 0.2) is 0 Å². The summed E-state index contributed by atoms with van der Waals surface area (Å²) >= 11 is 0. The Balaban J connectivity index is 1.71. The Bertz CT molecular complexity index is 960. The highest BCUT2D eigenvalue weighted by Gasteiger charge is 2.35. The molecule has 2 atom stereocenters. The van der Waals surface area contributed by atoms with Crippen molar-refractivity contribution >= 4 is 19.4 Å². The molecular weight excluding hydrogens is 435 g/mol. The summed E-state index contributed by atoms with van der Waals surface area (Å²) in [6.45, 7) is 3.70. The smallest absolute Gasteiger partial charge is 0.461 e. The number of nitrogens with one attached hydrogen (secondary N) is 1. The summed E-state index contributed by atoms with van der Waals surface area (Å²) in [6.07, 6.45) is 3.44. The van der Waals surface area contributed by atoms with E-state index in [0.29, 0.717) is 5.92 Å². The number of nitro benzene ring substituents is 1. The van der Waals surface area contributed by atoms with E-state index in [1.807, 2.05) is 0 Å². The van der Waals surface area contributed by atoms with Crippen LogP contribution in [0.1, 0.15) is 39.5 Å². The minimum atomic E-state index is -4.10. The third-order valence-corrected chi connectivity index (χ3v) is 6.80. The van der Waals surface area contributed by atoms with Crippen LogP contribution in [0, 0.1) is 16.0 Å². The molecule has 0 radical (unpaired) electrons. The molecule has 1 aliphatic rings. The van der Waals surface area contributed by atoms with E-state index in [4.69, 9.17) is 13.8 Å². The van der Waals surface area contributed by atoms with E-state index in [1.54, 1.807) is 30.3 Å². The van der Waals surface area contributed by atoms with Crippen LogP contribution in [0.15, 0.2) is 54.6 Å². The Morgan fingerprint density at radius 3 is 2.16 bits per heavy atom. The molecule has 1 aliphatic carbocycles. The van der Waals surface area contributed by atoms with E-state index >= 15 is 0 Å². The molecule has 1 N–H and O–H groups in total. The lowest BCUT2D eigenvalue weighted by atomic mass is 9.89. The number of nitrogens with zero attached hydrogens (tertiary/aromatic N) is 1. The highest BCUT2D eigenvalue weighted by atomic mass is 31.2. The second kappa shape index (κ2) is 10.6. The number of rotatable bonds is 9. The molecular formula is C22H27N2O7P. The summed E-state index contributed by atoms with van der Waals surface area (Å²) in [6, 6.07) is 12.5. The fraction of sp³-hybridized carbons (Fsp3) is 0.409. The highest BCUT2D eigenvalue weighted by molar-refractivity contribution is 7.52. The molecule has 0 heterocycles. The van der Waals surface area contributed by atoms with E-state index in [0.717, 1.165) is 25.7 Å². The second-order valence-corrected chi connectivity index (χ2v) is 9.53. The number of hydrogen-bond donors (Lipinski definition) is 1. The molecule has 0 saturated heterocycles. The summed E-state index contributed by atoms with van der Waals surface area (Å²) in [4.78, 5) is 22.9. The Labute approximate surface area is 186 Å². The minimum absolute atomic E-state index is 0.0872. The molecule has 1 unspecified atom stereocenters. The maximum Gasteiger partial charge on any atom is 0.513 e. The predicted molar refractivity (Wildman–Crippen MR) is 119 cm³/mol. The molecule has 3 rings (SSSR count). The summed E-state index contributed by atoms with van der Waals surface area (Å²) in [7, 11) is -4.10. The normalized spacial score (nSPS) is 21.1. The van der Waals surface area contributed by atoms with Gasteiger partial charge < -0.3 is 13.8 Å². The van der Waals surface area contributed by atoms with Crippen molar-refractivity contribution in [3.63, 3.8) is 0 Å². The van der Waals surface area contributed by atoms with Crippen molar-refractivity contribution in [2.24, 2.45) is 5.92 Å². The third kappa shape index (κ3) is 6.80. The fourth-order valence-electron chi connectivity index (χ4n) is 3.36. The van der Waals surface area contributed by atoms with E-state index < -0.39 is 24.7 Å². The summed E-state index contributed by atoms with van der Waals surface area (Å²) in [5, 5.41) is 13.5. The van der Waals surface area contributed by atoms with Gasteiger partial charge in [-0.15, -0.1) is 0 Å². The van der Waals surface area contributed by atoms with Crippen LogP contribution in [-0.4, -0.2) is 23.0 Å². The predicted octanol–water partition coefficient (Wildman–Crippen LogP) is 5.26. The summed E-state index contributed by atoms with van der Waals surface area (Å²) in [5.74, 6) is 0.431. The van der Waals surface area contributed by atoms with Gasteiger partial charge in [-0.05, 0) is 62.8 Å². The standard InChI is InChI=1S/C22H27N2O7P/c1-16-8-12-19(13-9-16)29-22(25)17(2)23-32(28,30-20-6-4-3-5-7-20)31-21-14-10-18(11-15-21)24(26)27/h3-7,10-11,14-17,19H,8-9,12-13H2,1-2H3,(H,23,28)/t16?,17-,19?,32?/m0/s1. The molecule has 0 aliphatic heterocycles. The zero-order valence-corrected chi connectivity index (χ0v) is 18.9. The summed E-state index contributed by atoms with van der Waals surface area (Å²) < 4.78 is 30.3. The number of esters is 1. The van der Waals surface area contributed by atoms with Crippen LogP contribution in [0.2, 0.25) is 0 Å². The van der Waals surface area contributed by atoms with Gasteiger partial charge >= 0.3 is 13.7 Å². The monoisotopic (exact) mass is 462 g/mol. The molecule has 10 heteroatoms. The molecule has 9 nitrogen and oxygen atoms in total. The fourth-order valence-corrected chi connectivity index (χ4v) is 4.88. The van der Waals surface area contributed by atoms with Gasteiger partial charge in [0.1, 0.15) is 23.6 Å². The van der Waals surface area contributed by atoms with Gasteiger partial charge in [0.2, 0.25) is 0 Å². The van der Waals surface area contributed by atoms with Gasteiger partial charge in [0.05, 0.1) is 4.92 Å². The van der Waals surface area contributed by atoms with Crippen molar-refractivity contribution in [2.45, 2.75) is 51.7 Å². The number of para-hydroxylation sites is 1. The van der Waals surface area contributed by atoms with Crippen LogP contribution >= 0.6 is 7.75 Å². The summed E-state index contributed by atoms with van der Waals surface area (Å²) in [5.41, 5.74) is -0.136. The van der Waals surface area contributed by atoms with Crippen molar-refractivity contribution < 1.29 is 28.1 Å². The zero-order valence-electron chi connectivity index (χ0n) is 18.0. The van der Waals surface area contributed by atoms with Crippen LogP contribution in [0.25, 0.3) is 0 Å². The van der Waals surface area contributed by atoms with Gasteiger partial charge in [-0.1, -0.05) is 25.1 Å². The van der Waals surface area contributed by atoms with Crippen LogP contribution < -0.4 is 14.1 Å². The number of non-ortho nitro benzene ring substituents is 1. The van der Waals surface area contributed by atoms with Crippen molar-refractivity contribution in [2.75, 3.05) is 0 Å². The average molecular weight is 462 g/mol. The number of carbonyl (C=O) groups excluding carboxylic acids is 1. The van der Waals surface area contributed by atoms with Crippen molar-refractivity contribution in [1.82, 2.24) is 5.09 Å². The van der Waals surface area contributed by atoms with Gasteiger partial charge in [-0.2, -0.15) is 5.09 Å². The highest BCUT2D eigenvalue weighted by Crippen LogP contribution is 2.45. The van der Waals surface area contributed by atoms with Gasteiger partial charge in [0, 0.05) is 12.1 Å². The lowest BCUT2D eigenvalue weighted by molar-refractivity contribution is -0.384. The molecule has 2 aromatic rings. The van der Waals surface area contributed by atoms with E-state index in [-0.39, 0.29) is 23.3 Å². The van der Waals surface area contributed by atoms with E-state index in [1.165, 1.54) is 31.2 Å². The molecule has 1 saturated carbocycles. The Morgan fingerprint density at radius 2 is 1.59 bits per heavy atom. The average Bonchev–Trinajstić information content (AvgIpc) is 2.76. The Hall–Kier alpha value is -2.90. The molecule has 172 valence electrons. The minimum Gasteiger partial charge on any atom is -0.461 e. The molecule has 32 heavy (non-hydrogen) atoms. The number of nitro groups is 1. The van der Waals surface area contributed by atoms with Crippen molar-refractivity contribution in [3.05, 3.63) is 64.7 Å². The number of benzene rings is 2. The van der Waals surface area contributed by atoms with Crippen LogP contribution in [-0.2, 0) is 14.1 Å². The molecule has 0 spiro atoms. The molecule has 0 aromatic heterocycles. The van der Waals surface area contributed by atoms with Crippen LogP contribution in [0.5, 0.6) is 11.5 Å². The first-order valence-electron chi connectivity index (χ1n) is 10.5. The second-order valence-electron chi connectivity index (χ2n) is 7.91. The largest absolute Gasteiger partial charge is 0.513 e. The zero-order chi connectivity index (χ0) is 23.1. The van der Waals surface area contributed by atoms with Crippen molar-refractivity contribution in [3.8, 4) is 11.5 Å². The topological polar surface area (TPSA) is 117 Å². The maximum atomic E-state index is 13.5.